The number of nitrogens with zero attached hydrogens (tertiary/aromatic N) is 2. The zero-order valence-corrected chi connectivity index (χ0v) is 11.5. The van der Waals surface area contributed by atoms with E-state index < -0.39 is 0 Å². The summed E-state index contributed by atoms with van der Waals surface area (Å²) in [6, 6.07) is 14.0. The summed E-state index contributed by atoms with van der Waals surface area (Å²) in [6.45, 7) is 6.82. The quantitative estimate of drug-likeness (QED) is 0.791. The highest BCUT2D eigenvalue weighted by atomic mass is 16.5. The minimum absolute atomic E-state index is 0.503. The van der Waals surface area contributed by atoms with Crippen LogP contribution < -0.4 is 9.64 Å². The monoisotopic (exact) mass is 256 g/mol. The van der Waals surface area contributed by atoms with Crippen molar-refractivity contribution in [1.82, 2.24) is 4.98 Å². The maximum absolute atomic E-state index is 5.78. The Kier molecular flexibility index (Phi) is 4.78. The summed E-state index contributed by atoms with van der Waals surface area (Å²) in [5, 5.41) is 0. The van der Waals surface area contributed by atoms with E-state index in [9.17, 15) is 0 Å². The van der Waals surface area contributed by atoms with Gasteiger partial charge in [0.25, 0.3) is 0 Å². The molecule has 2 rings (SSSR count). The fraction of sp³-hybridized carbons (Fsp3) is 0.312. The van der Waals surface area contributed by atoms with Gasteiger partial charge in [0.2, 0.25) is 0 Å². The molecule has 2 aromatic rings. The van der Waals surface area contributed by atoms with Crippen molar-refractivity contribution < 1.29 is 4.74 Å². The van der Waals surface area contributed by atoms with E-state index in [4.69, 9.17) is 4.74 Å². The smallest absolute Gasteiger partial charge is 0.130 e. The van der Waals surface area contributed by atoms with E-state index >= 15 is 0 Å². The first-order chi connectivity index (χ1) is 9.33. The van der Waals surface area contributed by atoms with E-state index in [0.29, 0.717) is 6.61 Å². The number of aromatic nitrogens is 1. The van der Waals surface area contributed by atoms with Crippen molar-refractivity contribution in [2.24, 2.45) is 0 Å². The van der Waals surface area contributed by atoms with Gasteiger partial charge in [0.15, 0.2) is 0 Å². The molecular formula is C16H20N2O. The van der Waals surface area contributed by atoms with Crippen LogP contribution in [0.1, 0.15) is 19.5 Å². The maximum atomic E-state index is 5.78. The van der Waals surface area contributed by atoms with Crippen molar-refractivity contribution in [3.05, 3.63) is 54.4 Å². The Morgan fingerprint density at radius 2 is 1.89 bits per heavy atom. The van der Waals surface area contributed by atoms with Gasteiger partial charge in [-0.3, -0.25) is 4.98 Å². The summed E-state index contributed by atoms with van der Waals surface area (Å²) in [6.07, 6.45) is 1.78. The van der Waals surface area contributed by atoms with Crippen molar-refractivity contribution in [1.29, 1.82) is 0 Å². The molecule has 1 aromatic heterocycles. The highest BCUT2D eigenvalue weighted by molar-refractivity contribution is 5.50. The van der Waals surface area contributed by atoms with Crippen LogP contribution in [0.5, 0.6) is 5.75 Å². The van der Waals surface area contributed by atoms with Crippen LogP contribution in [-0.4, -0.2) is 18.1 Å². The average Bonchev–Trinajstić information content (AvgIpc) is 2.48. The zero-order valence-electron chi connectivity index (χ0n) is 11.5. The Labute approximate surface area is 114 Å². The summed E-state index contributed by atoms with van der Waals surface area (Å²) >= 11 is 0. The molecule has 0 fully saturated rings. The second kappa shape index (κ2) is 6.78. The fourth-order valence-corrected chi connectivity index (χ4v) is 2.00. The maximum Gasteiger partial charge on any atom is 0.130 e. The van der Waals surface area contributed by atoms with Gasteiger partial charge in [-0.1, -0.05) is 12.1 Å². The number of hydrogen-bond acceptors (Lipinski definition) is 3. The van der Waals surface area contributed by atoms with Crippen molar-refractivity contribution in [2.75, 3.05) is 18.0 Å². The van der Waals surface area contributed by atoms with E-state index in [-0.39, 0.29) is 0 Å². The summed E-state index contributed by atoms with van der Waals surface area (Å²) in [4.78, 5) is 6.55. The molecule has 0 aliphatic heterocycles. The molecule has 3 heteroatoms. The molecule has 0 unspecified atom stereocenters. The van der Waals surface area contributed by atoms with Crippen LogP contribution >= 0.6 is 0 Å². The first-order valence-corrected chi connectivity index (χ1v) is 6.71. The van der Waals surface area contributed by atoms with E-state index in [1.807, 2.05) is 30.3 Å². The van der Waals surface area contributed by atoms with Crippen LogP contribution in [0.15, 0.2) is 48.7 Å². The highest BCUT2D eigenvalue weighted by Gasteiger charge is 2.03. The molecule has 1 heterocycles. The molecule has 0 amide bonds. The van der Waals surface area contributed by atoms with Crippen molar-refractivity contribution >= 4 is 5.69 Å². The van der Waals surface area contributed by atoms with E-state index in [2.05, 4.69) is 35.9 Å². The predicted molar refractivity (Wildman–Crippen MR) is 78.6 cm³/mol. The SMILES string of the molecule is CCN(CC)c1cccc(OCc2ccccn2)c1. The minimum atomic E-state index is 0.503. The molecule has 100 valence electrons. The second-order valence-electron chi connectivity index (χ2n) is 4.28. The topological polar surface area (TPSA) is 25.4 Å². The molecule has 0 saturated carbocycles. The Hall–Kier alpha value is -2.03. The molecular weight excluding hydrogens is 236 g/mol. The molecule has 19 heavy (non-hydrogen) atoms. The third-order valence-electron chi connectivity index (χ3n) is 3.06. The van der Waals surface area contributed by atoms with Gasteiger partial charge in [-0.2, -0.15) is 0 Å². The summed E-state index contributed by atoms with van der Waals surface area (Å²) < 4.78 is 5.78. The molecule has 0 bridgehead atoms. The summed E-state index contributed by atoms with van der Waals surface area (Å²) in [5.74, 6) is 0.884. The third kappa shape index (κ3) is 3.71. The third-order valence-corrected chi connectivity index (χ3v) is 3.06. The lowest BCUT2D eigenvalue weighted by atomic mass is 10.2. The number of ether oxygens (including phenoxy) is 1. The van der Waals surface area contributed by atoms with E-state index in [1.165, 1.54) is 5.69 Å². The Balaban J connectivity index is 2.03. The predicted octanol–water partition coefficient (Wildman–Crippen LogP) is 3.51. The molecule has 0 radical (unpaired) electrons. The molecule has 0 aliphatic rings. The molecule has 0 atom stereocenters. The van der Waals surface area contributed by atoms with Crippen LogP contribution in [0.4, 0.5) is 5.69 Å². The molecule has 0 N–H and O–H groups in total. The van der Waals surface area contributed by atoms with Gasteiger partial charge in [0.1, 0.15) is 12.4 Å². The van der Waals surface area contributed by atoms with Crippen LogP contribution in [0, 0.1) is 0 Å². The van der Waals surface area contributed by atoms with Crippen molar-refractivity contribution in [3.63, 3.8) is 0 Å². The molecule has 0 spiro atoms. The van der Waals surface area contributed by atoms with Gasteiger partial charge in [-0.25, -0.2) is 0 Å². The van der Waals surface area contributed by atoms with Crippen LogP contribution in [0.2, 0.25) is 0 Å². The Morgan fingerprint density at radius 3 is 2.58 bits per heavy atom. The number of rotatable bonds is 6. The van der Waals surface area contributed by atoms with Crippen molar-refractivity contribution in [2.45, 2.75) is 20.5 Å². The van der Waals surface area contributed by atoms with Gasteiger partial charge < -0.3 is 9.64 Å². The number of hydrogen-bond donors (Lipinski definition) is 0. The number of benzene rings is 1. The van der Waals surface area contributed by atoms with Gasteiger partial charge in [-0.05, 0) is 38.1 Å². The van der Waals surface area contributed by atoms with E-state index in [1.54, 1.807) is 6.20 Å². The average molecular weight is 256 g/mol. The molecule has 0 aliphatic carbocycles. The fourth-order valence-electron chi connectivity index (χ4n) is 2.00. The van der Waals surface area contributed by atoms with Gasteiger partial charge in [0, 0.05) is 31.0 Å². The lowest BCUT2D eigenvalue weighted by Crippen LogP contribution is -2.21. The zero-order chi connectivity index (χ0) is 13.5. The largest absolute Gasteiger partial charge is 0.487 e. The number of pyridine rings is 1. The molecule has 3 nitrogen and oxygen atoms in total. The Morgan fingerprint density at radius 1 is 1.05 bits per heavy atom. The normalized spacial score (nSPS) is 10.2. The Bertz CT molecular complexity index is 495. The molecule has 0 saturated heterocycles. The van der Waals surface area contributed by atoms with Gasteiger partial charge >= 0.3 is 0 Å². The second-order valence-corrected chi connectivity index (χ2v) is 4.28. The summed E-state index contributed by atoms with van der Waals surface area (Å²) in [7, 11) is 0. The first kappa shape index (κ1) is 13.4. The lowest BCUT2D eigenvalue weighted by Gasteiger charge is -2.21. The van der Waals surface area contributed by atoms with E-state index in [0.717, 1.165) is 24.5 Å². The van der Waals surface area contributed by atoms with Crippen molar-refractivity contribution in [3.8, 4) is 5.75 Å². The number of anilines is 1. The lowest BCUT2D eigenvalue weighted by molar-refractivity contribution is 0.301. The highest BCUT2D eigenvalue weighted by Crippen LogP contribution is 2.21. The van der Waals surface area contributed by atoms with Gasteiger partial charge in [0.05, 0.1) is 5.69 Å². The molecule has 1 aromatic carbocycles. The van der Waals surface area contributed by atoms with Crippen LogP contribution in [-0.2, 0) is 6.61 Å². The minimum Gasteiger partial charge on any atom is -0.487 e. The first-order valence-electron chi connectivity index (χ1n) is 6.71. The summed E-state index contributed by atoms with van der Waals surface area (Å²) in [5.41, 5.74) is 2.14. The van der Waals surface area contributed by atoms with Crippen LogP contribution in [0.25, 0.3) is 0 Å². The van der Waals surface area contributed by atoms with Crippen LogP contribution in [0.3, 0.4) is 0 Å². The van der Waals surface area contributed by atoms with Gasteiger partial charge in [-0.15, -0.1) is 0 Å². The standard InChI is InChI=1S/C16H20N2O/c1-3-18(4-2)15-9-7-10-16(12-15)19-13-14-8-5-6-11-17-14/h5-12H,3-4,13H2,1-2H3.